The Hall–Kier alpha value is -2.89. The average molecular weight is 357 g/mol. The van der Waals surface area contributed by atoms with Gasteiger partial charge in [0.25, 0.3) is 0 Å². The second-order valence-electron chi connectivity index (χ2n) is 6.09. The summed E-state index contributed by atoms with van der Waals surface area (Å²) in [7, 11) is 7.15. The SMILES string of the molecule is COc1cccc(NC(=O)NCCCc2ccc(N(C)C)cc2)c1OC. The molecule has 0 radical (unpaired) electrons. The fraction of sp³-hybridized carbons (Fsp3) is 0.350. The number of para-hydroxylation sites is 1. The zero-order valence-electron chi connectivity index (χ0n) is 15.8. The molecule has 2 aromatic carbocycles. The second-order valence-corrected chi connectivity index (χ2v) is 6.09. The van der Waals surface area contributed by atoms with Crippen molar-refractivity contribution < 1.29 is 14.3 Å². The first-order valence-corrected chi connectivity index (χ1v) is 8.57. The molecule has 0 aliphatic heterocycles. The summed E-state index contributed by atoms with van der Waals surface area (Å²) >= 11 is 0. The molecule has 0 saturated carbocycles. The number of carbonyl (C=O) groups is 1. The van der Waals surface area contributed by atoms with E-state index in [1.807, 2.05) is 14.1 Å². The highest BCUT2D eigenvalue weighted by Gasteiger charge is 2.11. The van der Waals surface area contributed by atoms with E-state index >= 15 is 0 Å². The highest BCUT2D eigenvalue weighted by atomic mass is 16.5. The standard InChI is InChI=1S/C20H27N3O3/c1-23(2)16-12-10-15(11-13-16)7-6-14-21-20(24)22-17-8-5-9-18(25-3)19(17)26-4/h5,8-13H,6-7,14H2,1-4H3,(H2,21,22,24). The quantitative estimate of drug-likeness (QED) is 0.710. The van der Waals surface area contributed by atoms with Gasteiger partial charge in [-0.05, 0) is 42.7 Å². The van der Waals surface area contributed by atoms with Crippen LogP contribution in [0.5, 0.6) is 11.5 Å². The minimum Gasteiger partial charge on any atom is -0.493 e. The van der Waals surface area contributed by atoms with Crippen molar-refractivity contribution in [3.8, 4) is 11.5 Å². The van der Waals surface area contributed by atoms with Gasteiger partial charge in [-0.3, -0.25) is 0 Å². The lowest BCUT2D eigenvalue weighted by atomic mass is 10.1. The van der Waals surface area contributed by atoms with Crippen molar-refractivity contribution in [2.45, 2.75) is 12.8 Å². The molecular formula is C20H27N3O3. The van der Waals surface area contributed by atoms with Gasteiger partial charge in [0.15, 0.2) is 11.5 Å². The number of hydrogen-bond acceptors (Lipinski definition) is 4. The maximum Gasteiger partial charge on any atom is 0.319 e. The first-order chi connectivity index (χ1) is 12.5. The predicted molar refractivity (Wildman–Crippen MR) is 106 cm³/mol. The van der Waals surface area contributed by atoms with Crippen molar-refractivity contribution in [3.63, 3.8) is 0 Å². The van der Waals surface area contributed by atoms with Crippen LogP contribution < -0.4 is 25.0 Å². The van der Waals surface area contributed by atoms with Crippen LogP contribution in [0.2, 0.25) is 0 Å². The molecule has 0 bridgehead atoms. The minimum atomic E-state index is -0.264. The van der Waals surface area contributed by atoms with Crippen molar-refractivity contribution in [2.24, 2.45) is 0 Å². The Kier molecular flexibility index (Phi) is 7.14. The molecule has 0 spiro atoms. The molecule has 0 unspecified atom stereocenters. The Morgan fingerprint density at radius 3 is 2.38 bits per heavy atom. The molecule has 0 atom stereocenters. The van der Waals surface area contributed by atoms with Gasteiger partial charge in [0, 0.05) is 26.3 Å². The highest BCUT2D eigenvalue weighted by Crippen LogP contribution is 2.34. The van der Waals surface area contributed by atoms with Gasteiger partial charge < -0.3 is 25.0 Å². The maximum atomic E-state index is 12.1. The van der Waals surface area contributed by atoms with E-state index in [1.54, 1.807) is 32.4 Å². The number of aryl methyl sites for hydroxylation is 1. The third kappa shape index (κ3) is 5.31. The monoisotopic (exact) mass is 357 g/mol. The molecule has 140 valence electrons. The molecule has 0 aromatic heterocycles. The van der Waals surface area contributed by atoms with Crippen molar-refractivity contribution >= 4 is 17.4 Å². The summed E-state index contributed by atoms with van der Waals surface area (Å²) in [6, 6.07) is 13.5. The Morgan fingerprint density at radius 2 is 1.77 bits per heavy atom. The molecular weight excluding hydrogens is 330 g/mol. The van der Waals surface area contributed by atoms with E-state index in [9.17, 15) is 4.79 Å². The summed E-state index contributed by atoms with van der Waals surface area (Å²) in [6.45, 7) is 0.591. The average Bonchev–Trinajstić information content (AvgIpc) is 2.65. The van der Waals surface area contributed by atoms with Crippen molar-refractivity contribution in [1.82, 2.24) is 5.32 Å². The number of hydrogen-bond donors (Lipinski definition) is 2. The van der Waals surface area contributed by atoms with E-state index in [0.717, 1.165) is 12.8 Å². The summed E-state index contributed by atoms with van der Waals surface area (Å²) in [5.41, 5.74) is 3.01. The second kappa shape index (κ2) is 9.56. The molecule has 0 aliphatic rings. The van der Waals surface area contributed by atoms with Crippen LogP contribution in [0.3, 0.4) is 0 Å². The van der Waals surface area contributed by atoms with E-state index < -0.39 is 0 Å². The number of ether oxygens (including phenoxy) is 2. The van der Waals surface area contributed by atoms with Crippen LogP contribution in [0.4, 0.5) is 16.2 Å². The van der Waals surface area contributed by atoms with Crippen LogP contribution in [-0.4, -0.2) is 40.9 Å². The van der Waals surface area contributed by atoms with Crippen LogP contribution in [-0.2, 0) is 6.42 Å². The molecule has 2 rings (SSSR count). The zero-order valence-corrected chi connectivity index (χ0v) is 15.8. The van der Waals surface area contributed by atoms with Crippen LogP contribution in [0.25, 0.3) is 0 Å². The number of nitrogens with zero attached hydrogens (tertiary/aromatic N) is 1. The zero-order chi connectivity index (χ0) is 18.9. The Morgan fingerprint density at radius 1 is 1.04 bits per heavy atom. The van der Waals surface area contributed by atoms with Gasteiger partial charge in [0.2, 0.25) is 0 Å². The molecule has 0 heterocycles. The summed E-state index contributed by atoms with van der Waals surface area (Å²) in [6.07, 6.45) is 1.78. The number of anilines is 2. The molecule has 26 heavy (non-hydrogen) atoms. The molecule has 0 saturated heterocycles. The number of benzene rings is 2. The molecule has 6 nitrogen and oxygen atoms in total. The molecule has 6 heteroatoms. The van der Waals surface area contributed by atoms with E-state index in [0.29, 0.717) is 23.7 Å². The highest BCUT2D eigenvalue weighted by molar-refractivity contribution is 5.91. The maximum absolute atomic E-state index is 12.1. The fourth-order valence-corrected chi connectivity index (χ4v) is 2.61. The number of carbonyl (C=O) groups excluding carboxylic acids is 1. The number of methoxy groups -OCH3 is 2. The van der Waals surface area contributed by atoms with Gasteiger partial charge >= 0.3 is 6.03 Å². The first-order valence-electron chi connectivity index (χ1n) is 8.57. The summed E-state index contributed by atoms with van der Waals surface area (Å²) in [4.78, 5) is 14.2. The summed E-state index contributed by atoms with van der Waals surface area (Å²) < 4.78 is 10.5. The van der Waals surface area contributed by atoms with Gasteiger partial charge in [-0.25, -0.2) is 4.79 Å². The molecule has 2 aromatic rings. The first kappa shape index (κ1) is 19.4. The van der Waals surface area contributed by atoms with Gasteiger partial charge in [0.1, 0.15) is 0 Å². The number of nitrogens with one attached hydrogen (secondary N) is 2. The van der Waals surface area contributed by atoms with E-state index in [1.165, 1.54) is 11.3 Å². The van der Waals surface area contributed by atoms with Gasteiger partial charge in [-0.1, -0.05) is 18.2 Å². The van der Waals surface area contributed by atoms with E-state index in [4.69, 9.17) is 9.47 Å². The Balaban J connectivity index is 1.79. The smallest absolute Gasteiger partial charge is 0.319 e. The topological polar surface area (TPSA) is 62.8 Å². The lowest BCUT2D eigenvalue weighted by molar-refractivity contribution is 0.252. The summed E-state index contributed by atoms with van der Waals surface area (Å²) in [5, 5.41) is 5.66. The van der Waals surface area contributed by atoms with Gasteiger partial charge in [0.05, 0.1) is 19.9 Å². The van der Waals surface area contributed by atoms with E-state index in [2.05, 4.69) is 39.8 Å². The van der Waals surface area contributed by atoms with Gasteiger partial charge in [-0.15, -0.1) is 0 Å². The Labute approximate surface area is 155 Å². The predicted octanol–water partition coefficient (Wildman–Crippen LogP) is 3.52. The molecule has 0 aliphatic carbocycles. The van der Waals surface area contributed by atoms with Crippen LogP contribution in [0.15, 0.2) is 42.5 Å². The largest absolute Gasteiger partial charge is 0.493 e. The van der Waals surface area contributed by atoms with Crippen LogP contribution in [0.1, 0.15) is 12.0 Å². The fourth-order valence-electron chi connectivity index (χ4n) is 2.61. The lowest BCUT2D eigenvalue weighted by Crippen LogP contribution is -2.29. The van der Waals surface area contributed by atoms with Crippen molar-refractivity contribution in [3.05, 3.63) is 48.0 Å². The van der Waals surface area contributed by atoms with Gasteiger partial charge in [-0.2, -0.15) is 0 Å². The van der Waals surface area contributed by atoms with E-state index in [-0.39, 0.29) is 6.03 Å². The molecule has 0 fully saturated rings. The van der Waals surface area contributed by atoms with Crippen LogP contribution >= 0.6 is 0 Å². The van der Waals surface area contributed by atoms with Crippen molar-refractivity contribution in [1.29, 1.82) is 0 Å². The summed E-state index contributed by atoms with van der Waals surface area (Å²) in [5.74, 6) is 1.08. The normalized spacial score (nSPS) is 10.2. The van der Waals surface area contributed by atoms with Crippen molar-refractivity contribution in [2.75, 3.05) is 45.1 Å². The Bertz CT molecular complexity index is 715. The third-order valence-electron chi connectivity index (χ3n) is 4.03. The molecule has 2 N–H and O–H groups in total. The van der Waals surface area contributed by atoms with Crippen LogP contribution in [0, 0.1) is 0 Å². The lowest BCUT2D eigenvalue weighted by Gasteiger charge is -2.14. The minimum absolute atomic E-state index is 0.264. The number of amides is 2. The number of rotatable bonds is 8. The molecule has 2 amide bonds. The third-order valence-corrected chi connectivity index (χ3v) is 4.03. The number of urea groups is 1.